The first-order valence-corrected chi connectivity index (χ1v) is 6.13. The highest BCUT2D eigenvalue weighted by atomic mass is 16.5. The third-order valence-electron chi connectivity index (χ3n) is 1.59. The van der Waals surface area contributed by atoms with E-state index >= 15 is 0 Å². The van der Waals surface area contributed by atoms with Crippen molar-refractivity contribution in [2.45, 2.75) is 46.1 Å². The number of hydrogen-bond acceptors (Lipinski definition) is 4. The lowest BCUT2D eigenvalue weighted by Crippen LogP contribution is -2.10. The van der Waals surface area contributed by atoms with Crippen LogP contribution < -0.4 is 0 Å². The second-order valence-corrected chi connectivity index (χ2v) is 3.61. The summed E-state index contributed by atoms with van der Waals surface area (Å²) in [7, 11) is 0. The predicted molar refractivity (Wildman–Crippen MR) is 65.6 cm³/mol. The molecule has 0 aliphatic rings. The van der Waals surface area contributed by atoms with Crippen molar-refractivity contribution >= 4 is 0 Å². The van der Waals surface area contributed by atoms with Crippen molar-refractivity contribution in [3.63, 3.8) is 0 Å². The van der Waals surface area contributed by atoms with Gasteiger partial charge in [0.15, 0.2) is 0 Å². The van der Waals surface area contributed by atoms with E-state index in [2.05, 4.69) is 6.92 Å². The topological polar surface area (TPSA) is 58.9 Å². The smallest absolute Gasteiger partial charge is 0.0745 e. The first kappa shape index (κ1) is 18.2. The van der Waals surface area contributed by atoms with Gasteiger partial charge in [-0.1, -0.05) is 20.3 Å². The molecule has 1 unspecified atom stereocenters. The van der Waals surface area contributed by atoms with Crippen LogP contribution in [0.15, 0.2) is 0 Å². The van der Waals surface area contributed by atoms with Crippen molar-refractivity contribution in [3.8, 4) is 0 Å². The Morgan fingerprint density at radius 2 is 1.69 bits per heavy atom. The van der Waals surface area contributed by atoms with Gasteiger partial charge in [-0.2, -0.15) is 0 Å². The van der Waals surface area contributed by atoms with Gasteiger partial charge in [-0.25, -0.2) is 0 Å². The van der Waals surface area contributed by atoms with Gasteiger partial charge < -0.3 is 19.7 Å². The van der Waals surface area contributed by atoms with E-state index in [0.717, 1.165) is 32.5 Å². The van der Waals surface area contributed by atoms with E-state index in [4.69, 9.17) is 19.7 Å². The molecule has 0 saturated heterocycles. The Morgan fingerprint density at radius 3 is 2.12 bits per heavy atom. The summed E-state index contributed by atoms with van der Waals surface area (Å²) in [5.74, 6) is 0. The van der Waals surface area contributed by atoms with Crippen LogP contribution in [-0.4, -0.2) is 49.4 Å². The molecule has 0 aliphatic heterocycles. The molecule has 100 valence electrons. The van der Waals surface area contributed by atoms with Crippen molar-refractivity contribution in [2.75, 3.05) is 33.0 Å². The molecule has 4 heteroatoms. The Kier molecular flexibility index (Phi) is 19.6. The van der Waals surface area contributed by atoms with Crippen LogP contribution in [0.25, 0.3) is 0 Å². The highest BCUT2D eigenvalue weighted by molar-refractivity contribution is 4.39. The average molecular weight is 236 g/mol. The van der Waals surface area contributed by atoms with E-state index in [1.807, 2.05) is 6.92 Å². The van der Waals surface area contributed by atoms with Crippen molar-refractivity contribution in [3.05, 3.63) is 0 Å². The van der Waals surface area contributed by atoms with Gasteiger partial charge in [-0.15, -0.1) is 0 Å². The minimum absolute atomic E-state index is 0.143. The van der Waals surface area contributed by atoms with Gasteiger partial charge >= 0.3 is 0 Å². The zero-order chi connectivity index (χ0) is 12.6. The summed E-state index contributed by atoms with van der Waals surface area (Å²) in [6, 6.07) is 0. The van der Waals surface area contributed by atoms with E-state index in [-0.39, 0.29) is 12.7 Å². The standard InChI is InChI=1S/2C6H14O2/c1-3-4-8-5-6(2)7;1-2-3-5-8-6-4-7/h6-7H,3-5H2,1-2H3;7H,2-6H2,1H3. The summed E-state index contributed by atoms with van der Waals surface area (Å²) < 4.78 is 9.97. The lowest BCUT2D eigenvalue weighted by Gasteiger charge is -2.02. The highest BCUT2D eigenvalue weighted by Crippen LogP contribution is 1.86. The van der Waals surface area contributed by atoms with Gasteiger partial charge in [0.05, 0.1) is 25.9 Å². The first-order valence-electron chi connectivity index (χ1n) is 6.13. The minimum Gasteiger partial charge on any atom is -0.394 e. The highest BCUT2D eigenvalue weighted by Gasteiger charge is 1.91. The lowest BCUT2D eigenvalue weighted by molar-refractivity contribution is 0.0466. The number of rotatable bonds is 9. The molecule has 0 spiro atoms. The summed E-state index contributed by atoms with van der Waals surface area (Å²) in [4.78, 5) is 0. The molecule has 1 atom stereocenters. The van der Waals surface area contributed by atoms with Gasteiger partial charge in [0.2, 0.25) is 0 Å². The summed E-state index contributed by atoms with van der Waals surface area (Å²) in [5, 5.41) is 16.9. The Labute approximate surface area is 99.6 Å². The summed E-state index contributed by atoms with van der Waals surface area (Å²) in [6.45, 7) is 8.51. The normalized spacial score (nSPS) is 11.8. The average Bonchev–Trinajstić information content (AvgIpc) is 2.25. The van der Waals surface area contributed by atoms with Crippen LogP contribution in [0.3, 0.4) is 0 Å². The molecular weight excluding hydrogens is 208 g/mol. The van der Waals surface area contributed by atoms with Crippen molar-refractivity contribution in [2.24, 2.45) is 0 Å². The van der Waals surface area contributed by atoms with Crippen LogP contribution in [0.1, 0.15) is 40.0 Å². The lowest BCUT2D eigenvalue weighted by atomic mass is 10.4. The zero-order valence-electron chi connectivity index (χ0n) is 10.9. The second kappa shape index (κ2) is 17.2. The molecule has 16 heavy (non-hydrogen) atoms. The zero-order valence-corrected chi connectivity index (χ0v) is 10.9. The van der Waals surface area contributed by atoms with Crippen LogP contribution in [0.2, 0.25) is 0 Å². The molecule has 0 aliphatic carbocycles. The Bertz CT molecular complexity index is 101. The van der Waals surface area contributed by atoms with E-state index in [0.29, 0.717) is 13.2 Å². The molecule has 0 aromatic heterocycles. The van der Waals surface area contributed by atoms with Crippen LogP contribution in [0, 0.1) is 0 Å². The van der Waals surface area contributed by atoms with Gasteiger partial charge in [0.1, 0.15) is 0 Å². The Balaban J connectivity index is 0. The van der Waals surface area contributed by atoms with Crippen molar-refractivity contribution < 1.29 is 19.7 Å². The molecule has 0 rings (SSSR count). The molecule has 0 fully saturated rings. The fraction of sp³-hybridized carbons (Fsp3) is 1.00. The fourth-order valence-electron chi connectivity index (χ4n) is 0.811. The van der Waals surface area contributed by atoms with Crippen LogP contribution in [-0.2, 0) is 9.47 Å². The molecular formula is C12H28O4. The quantitative estimate of drug-likeness (QED) is 0.597. The summed E-state index contributed by atoms with van der Waals surface area (Å²) in [5.41, 5.74) is 0. The van der Waals surface area contributed by atoms with Gasteiger partial charge in [-0.05, 0) is 19.8 Å². The van der Waals surface area contributed by atoms with Gasteiger partial charge in [0, 0.05) is 13.2 Å². The monoisotopic (exact) mass is 236 g/mol. The van der Waals surface area contributed by atoms with Crippen LogP contribution >= 0.6 is 0 Å². The Hall–Kier alpha value is -0.160. The van der Waals surface area contributed by atoms with E-state index in [1.54, 1.807) is 6.92 Å². The summed E-state index contributed by atoms with van der Waals surface area (Å²) in [6.07, 6.45) is 2.96. The Morgan fingerprint density at radius 1 is 1.00 bits per heavy atom. The number of hydrogen-bond donors (Lipinski definition) is 2. The SMILES string of the molecule is CCCCOCCO.CCCOCC(C)O. The molecule has 0 aromatic carbocycles. The van der Waals surface area contributed by atoms with Crippen molar-refractivity contribution in [1.29, 1.82) is 0 Å². The number of unbranched alkanes of at least 4 members (excludes halogenated alkanes) is 1. The van der Waals surface area contributed by atoms with E-state index in [9.17, 15) is 0 Å². The number of aliphatic hydroxyl groups excluding tert-OH is 2. The molecule has 0 aromatic rings. The fourth-order valence-corrected chi connectivity index (χ4v) is 0.811. The molecule has 4 nitrogen and oxygen atoms in total. The third-order valence-corrected chi connectivity index (χ3v) is 1.59. The third kappa shape index (κ3) is 23.6. The molecule has 0 radical (unpaired) electrons. The predicted octanol–water partition coefficient (Wildman–Crippen LogP) is 1.59. The van der Waals surface area contributed by atoms with Crippen LogP contribution in [0.4, 0.5) is 0 Å². The summed E-state index contributed by atoms with van der Waals surface area (Å²) >= 11 is 0. The maximum absolute atomic E-state index is 8.65. The maximum Gasteiger partial charge on any atom is 0.0745 e. The molecule has 2 N–H and O–H groups in total. The molecule has 0 saturated carbocycles. The minimum atomic E-state index is -0.318. The van der Waals surface area contributed by atoms with E-state index < -0.39 is 0 Å². The molecule has 0 heterocycles. The van der Waals surface area contributed by atoms with Crippen LogP contribution in [0.5, 0.6) is 0 Å². The second-order valence-electron chi connectivity index (χ2n) is 3.61. The maximum atomic E-state index is 8.65. The number of ether oxygens (including phenoxy) is 2. The first-order chi connectivity index (χ1) is 7.68. The molecule has 0 bridgehead atoms. The largest absolute Gasteiger partial charge is 0.394 e. The molecule has 0 amide bonds. The van der Waals surface area contributed by atoms with E-state index in [1.165, 1.54) is 0 Å². The number of aliphatic hydroxyl groups is 2. The van der Waals surface area contributed by atoms with Crippen molar-refractivity contribution in [1.82, 2.24) is 0 Å². The van der Waals surface area contributed by atoms with Gasteiger partial charge in [-0.3, -0.25) is 0 Å². The van der Waals surface area contributed by atoms with Gasteiger partial charge in [0.25, 0.3) is 0 Å².